The maximum atomic E-state index is 12.9. The average Bonchev–Trinajstić information content (AvgIpc) is 3.27. The van der Waals surface area contributed by atoms with Gasteiger partial charge in [-0.3, -0.25) is 9.79 Å². The van der Waals surface area contributed by atoms with Gasteiger partial charge in [0.1, 0.15) is 11.2 Å². The van der Waals surface area contributed by atoms with E-state index >= 15 is 0 Å². The summed E-state index contributed by atoms with van der Waals surface area (Å²) >= 11 is 6.51. The van der Waals surface area contributed by atoms with Gasteiger partial charge in [0.25, 0.3) is 5.91 Å². The van der Waals surface area contributed by atoms with Crippen molar-refractivity contribution < 1.29 is 4.79 Å². The van der Waals surface area contributed by atoms with Gasteiger partial charge in [-0.05, 0) is 50.0 Å². The molecule has 1 saturated heterocycles. The van der Waals surface area contributed by atoms with Crippen molar-refractivity contribution in [3.63, 3.8) is 0 Å². The molecule has 24 heavy (non-hydrogen) atoms. The van der Waals surface area contributed by atoms with E-state index in [1.807, 2.05) is 29.4 Å². The van der Waals surface area contributed by atoms with Crippen LogP contribution in [0.4, 0.5) is 0 Å². The van der Waals surface area contributed by atoms with Crippen molar-refractivity contribution >= 4 is 23.1 Å². The third-order valence-electron chi connectivity index (χ3n) is 5.15. The smallest absolute Gasteiger partial charge is 0.270 e. The van der Waals surface area contributed by atoms with Gasteiger partial charge in [0.05, 0.1) is 11.9 Å². The first-order valence-electron chi connectivity index (χ1n) is 8.44. The molecule has 2 aromatic heterocycles. The van der Waals surface area contributed by atoms with Gasteiger partial charge in [-0.1, -0.05) is 0 Å². The molecule has 0 radical (unpaired) electrons. The number of aromatic nitrogens is 2. The number of nitrogens with zero attached hydrogens (tertiary/aromatic N) is 2. The van der Waals surface area contributed by atoms with Crippen LogP contribution in [0.2, 0.25) is 0 Å². The van der Waals surface area contributed by atoms with Crippen molar-refractivity contribution in [2.75, 3.05) is 6.54 Å². The Morgan fingerprint density at radius 1 is 1.29 bits per heavy atom. The predicted molar refractivity (Wildman–Crippen MR) is 93.7 cm³/mol. The maximum absolute atomic E-state index is 12.9. The number of nitrogens with one attached hydrogen (secondary N) is 2. The van der Waals surface area contributed by atoms with Crippen LogP contribution < -0.4 is 10.7 Å². The molecule has 0 aliphatic carbocycles. The minimum Gasteiger partial charge on any atom is -0.357 e. The highest BCUT2D eigenvalue weighted by atomic mass is 35.5. The SMILES string of the molecule is CC1CCC(C)N1C(=O)c1cc(C2=c3cc[nH]c3=NCC2Cl)c[nH]1. The molecule has 1 fully saturated rings. The van der Waals surface area contributed by atoms with Crippen LogP contribution in [0.1, 0.15) is 42.7 Å². The molecule has 5 nitrogen and oxygen atoms in total. The predicted octanol–water partition coefficient (Wildman–Crippen LogP) is 1.80. The van der Waals surface area contributed by atoms with Crippen molar-refractivity contribution in [1.29, 1.82) is 0 Å². The fraction of sp³-hybridized carbons (Fsp3) is 0.444. The van der Waals surface area contributed by atoms with Crippen LogP contribution in [-0.4, -0.2) is 44.8 Å². The number of carbonyl (C=O) groups excluding carboxylic acids is 1. The molecule has 0 spiro atoms. The average molecular weight is 345 g/mol. The van der Waals surface area contributed by atoms with E-state index in [0.717, 1.165) is 34.7 Å². The second-order valence-electron chi connectivity index (χ2n) is 6.75. The molecule has 0 bridgehead atoms. The number of fused-ring (bicyclic) bond motifs is 1. The van der Waals surface area contributed by atoms with Crippen LogP contribution in [0.5, 0.6) is 0 Å². The van der Waals surface area contributed by atoms with Crippen LogP contribution in [0.25, 0.3) is 5.57 Å². The summed E-state index contributed by atoms with van der Waals surface area (Å²) in [5.74, 6) is 0.0697. The molecule has 6 heteroatoms. The van der Waals surface area contributed by atoms with E-state index in [9.17, 15) is 4.79 Å². The standard InChI is InChI=1S/C18H21ClN4O/c1-10-3-4-11(2)23(10)18(24)15-7-12(8-21-15)16-13-5-6-20-17(13)22-9-14(16)19/h5-8,10-11,14,21H,3-4,9H2,1-2H3,(H,20,22). The largest absolute Gasteiger partial charge is 0.357 e. The number of aromatic amines is 2. The first kappa shape index (κ1) is 15.5. The molecule has 2 aliphatic heterocycles. The van der Waals surface area contributed by atoms with Crippen LogP contribution >= 0.6 is 11.6 Å². The molecule has 3 atom stereocenters. The Bertz CT molecular complexity index is 886. The van der Waals surface area contributed by atoms with E-state index in [2.05, 4.69) is 28.8 Å². The second-order valence-corrected chi connectivity index (χ2v) is 7.28. The Labute approximate surface area is 145 Å². The second kappa shape index (κ2) is 5.81. The number of carbonyl (C=O) groups is 1. The molecule has 2 N–H and O–H groups in total. The van der Waals surface area contributed by atoms with Crippen LogP contribution in [-0.2, 0) is 0 Å². The Morgan fingerprint density at radius 2 is 2.04 bits per heavy atom. The lowest BCUT2D eigenvalue weighted by Gasteiger charge is -2.25. The fourth-order valence-electron chi connectivity index (χ4n) is 3.88. The molecule has 1 amide bonds. The molecular formula is C18H21ClN4O. The molecule has 2 aromatic rings. The lowest BCUT2D eigenvalue weighted by molar-refractivity contribution is 0.0687. The number of hydrogen-bond acceptors (Lipinski definition) is 2. The summed E-state index contributed by atoms with van der Waals surface area (Å²) < 4.78 is 0. The third kappa shape index (κ3) is 2.38. The zero-order valence-electron chi connectivity index (χ0n) is 13.8. The summed E-state index contributed by atoms with van der Waals surface area (Å²) in [7, 11) is 0. The van der Waals surface area contributed by atoms with Crippen molar-refractivity contribution in [3.05, 3.63) is 46.5 Å². The molecule has 126 valence electrons. The molecular weight excluding hydrogens is 324 g/mol. The first-order valence-corrected chi connectivity index (χ1v) is 8.87. The molecule has 0 saturated carbocycles. The van der Waals surface area contributed by atoms with Gasteiger partial charge >= 0.3 is 0 Å². The lowest BCUT2D eigenvalue weighted by atomic mass is 10.0. The summed E-state index contributed by atoms with van der Waals surface area (Å²) in [6.45, 7) is 4.77. The Kier molecular flexibility index (Phi) is 3.76. The number of hydrogen-bond donors (Lipinski definition) is 2. The van der Waals surface area contributed by atoms with Crippen molar-refractivity contribution in [2.24, 2.45) is 4.99 Å². The topological polar surface area (TPSA) is 64.2 Å². The normalized spacial score (nSPS) is 26.4. The highest BCUT2D eigenvalue weighted by Gasteiger charge is 2.33. The van der Waals surface area contributed by atoms with Crippen LogP contribution in [0.3, 0.4) is 0 Å². The Morgan fingerprint density at radius 3 is 2.79 bits per heavy atom. The van der Waals surface area contributed by atoms with Gasteiger partial charge in [0, 0.05) is 29.7 Å². The van der Waals surface area contributed by atoms with E-state index in [0.29, 0.717) is 12.2 Å². The molecule has 4 heterocycles. The van der Waals surface area contributed by atoms with Crippen molar-refractivity contribution in [1.82, 2.24) is 14.9 Å². The number of H-pyrrole nitrogens is 2. The minimum atomic E-state index is -0.184. The summed E-state index contributed by atoms with van der Waals surface area (Å²) in [4.78, 5) is 25.6. The summed E-state index contributed by atoms with van der Waals surface area (Å²) in [6.07, 6.45) is 5.88. The van der Waals surface area contributed by atoms with E-state index in [4.69, 9.17) is 11.6 Å². The molecule has 3 unspecified atom stereocenters. The minimum absolute atomic E-state index is 0.0697. The Balaban J connectivity index is 1.73. The lowest BCUT2D eigenvalue weighted by Crippen LogP contribution is -2.38. The number of amides is 1. The third-order valence-corrected chi connectivity index (χ3v) is 5.51. The van der Waals surface area contributed by atoms with E-state index in [-0.39, 0.29) is 23.4 Å². The van der Waals surface area contributed by atoms with E-state index < -0.39 is 0 Å². The molecule has 4 rings (SSSR count). The van der Waals surface area contributed by atoms with Crippen LogP contribution in [0, 0.1) is 0 Å². The van der Waals surface area contributed by atoms with E-state index in [1.165, 1.54) is 0 Å². The zero-order valence-corrected chi connectivity index (χ0v) is 14.6. The zero-order chi connectivity index (χ0) is 16.8. The number of halogens is 1. The van der Waals surface area contributed by atoms with Gasteiger partial charge in [0.2, 0.25) is 0 Å². The van der Waals surface area contributed by atoms with Gasteiger partial charge < -0.3 is 14.9 Å². The van der Waals surface area contributed by atoms with Crippen molar-refractivity contribution in [2.45, 2.75) is 44.1 Å². The number of alkyl halides is 1. The Hall–Kier alpha value is -2.01. The molecule has 0 aromatic carbocycles. The van der Waals surface area contributed by atoms with Gasteiger partial charge in [-0.15, -0.1) is 11.6 Å². The maximum Gasteiger partial charge on any atom is 0.270 e. The van der Waals surface area contributed by atoms with Gasteiger partial charge in [-0.25, -0.2) is 0 Å². The summed E-state index contributed by atoms with van der Waals surface area (Å²) in [5.41, 5.74) is 3.48. The number of likely N-dealkylation sites (tertiary alicyclic amines) is 1. The molecule has 2 aliphatic rings. The highest BCUT2D eigenvalue weighted by molar-refractivity contribution is 6.26. The van der Waals surface area contributed by atoms with E-state index in [1.54, 1.807) is 0 Å². The summed E-state index contributed by atoms with van der Waals surface area (Å²) in [5, 5.41) is 0.832. The highest BCUT2D eigenvalue weighted by Crippen LogP contribution is 2.27. The number of rotatable bonds is 2. The summed E-state index contributed by atoms with van der Waals surface area (Å²) in [6, 6.07) is 4.49. The monoisotopic (exact) mass is 344 g/mol. The first-order chi connectivity index (χ1) is 11.6. The van der Waals surface area contributed by atoms with Crippen molar-refractivity contribution in [3.8, 4) is 0 Å². The van der Waals surface area contributed by atoms with Gasteiger partial charge in [-0.2, -0.15) is 0 Å². The quantitative estimate of drug-likeness (QED) is 0.802. The van der Waals surface area contributed by atoms with Gasteiger partial charge in [0.15, 0.2) is 0 Å². The van der Waals surface area contributed by atoms with Crippen LogP contribution in [0.15, 0.2) is 29.5 Å². The fourth-order valence-corrected chi connectivity index (χ4v) is 4.20.